The quantitative estimate of drug-likeness (QED) is 0.159. The molecule has 0 aliphatic rings. The van der Waals surface area contributed by atoms with Gasteiger partial charge in [-0.3, -0.25) is 0 Å². The van der Waals surface area contributed by atoms with Gasteiger partial charge in [-0.2, -0.15) is 0 Å². The molecule has 0 radical (unpaired) electrons. The van der Waals surface area contributed by atoms with Crippen molar-refractivity contribution in [1.29, 1.82) is 0 Å². The van der Waals surface area contributed by atoms with E-state index in [1.54, 1.807) is 6.07 Å². The highest BCUT2D eigenvalue weighted by Gasteiger charge is 2.07. The second-order valence-corrected chi connectivity index (χ2v) is 10.7. The molecule has 222 valence electrons. The second kappa shape index (κ2) is 17.5. The van der Waals surface area contributed by atoms with Gasteiger partial charge in [0.2, 0.25) is 0 Å². The van der Waals surface area contributed by atoms with Crippen LogP contribution in [0.2, 0.25) is 0 Å². The molecule has 0 aromatic heterocycles. The summed E-state index contributed by atoms with van der Waals surface area (Å²) in [6.45, 7) is 28.5. The zero-order valence-corrected chi connectivity index (χ0v) is 26.9. The zero-order chi connectivity index (χ0) is 31.9. The molecule has 43 heavy (non-hydrogen) atoms. The molecular formula is C42H47F. The number of hydrogen-bond donors (Lipinski definition) is 0. The van der Waals surface area contributed by atoms with Gasteiger partial charge in [-0.25, -0.2) is 4.39 Å². The lowest BCUT2D eigenvalue weighted by Crippen LogP contribution is -1.93. The topological polar surface area (TPSA) is 0 Å². The van der Waals surface area contributed by atoms with Gasteiger partial charge in [0.25, 0.3) is 0 Å². The first kappa shape index (κ1) is 34.7. The van der Waals surface area contributed by atoms with Crippen LogP contribution in [0.5, 0.6) is 0 Å². The Labute approximate surface area is 260 Å². The molecule has 3 rings (SSSR count). The summed E-state index contributed by atoms with van der Waals surface area (Å²) in [6.07, 6.45) is 16.1. The summed E-state index contributed by atoms with van der Waals surface area (Å²) in [5, 5.41) is 0. The van der Waals surface area contributed by atoms with Crippen molar-refractivity contribution in [3.05, 3.63) is 184 Å². The lowest BCUT2D eigenvalue weighted by molar-refractivity contribution is 0.614. The van der Waals surface area contributed by atoms with Gasteiger partial charge in [-0.1, -0.05) is 130 Å². The Bertz CT molecular complexity index is 1550. The number of benzene rings is 3. The third-order valence-corrected chi connectivity index (χ3v) is 7.32. The maximum Gasteiger partial charge on any atom is 0.126 e. The highest BCUT2D eigenvalue weighted by molar-refractivity contribution is 5.88. The van der Waals surface area contributed by atoms with Gasteiger partial charge in [-0.15, -0.1) is 0 Å². The van der Waals surface area contributed by atoms with Crippen LogP contribution in [0, 0.1) is 26.6 Å². The maximum absolute atomic E-state index is 13.0. The largest absolute Gasteiger partial charge is 0.207 e. The fourth-order valence-electron chi connectivity index (χ4n) is 4.53. The zero-order valence-electron chi connectivity index (χ0n) is 26.9. The highest BCUT2D eigenvalue weighted by Crippen LogP contribution is 2.26. The molecule has 0 aliphatic carbocycles. The van der Waals surface area contributed by atoms with Crippen molar-refractivity contribution in [2.75, 3.05) is 0 Å². The van der Waals surface area contributed by atoms with E-state index in [0.29, 0.717) is 0 Å². The Morgan fingerprint density at radius 2 is 1.58 bits per heavy atom. The van der Waals surface area contributed by atoms with Crippen molar-refractivity contribution in [3.8, 4) is 0 Å². The molecular weight excluding hydrogens is 523 g/mol. The molecule has 0 fully saturated rings. The van der Waals surface area contributed by atoms with Crippen molar-refractivity contribution < 1.29 is 4.39 Å². The first-order valence-corrected chi connectivity index (χ1v) is 14.8. The summed E-state index contributed by atoms with van der Waals surface area (Å²) in [5.41, 5.74) is 12.7. The number of aryl methyl sites for hydroxylation is 3. The van der Waals surface area contributed by atoms with E-state index in [1.807, 2.05) is 83.2 Å². The summed E-state index contributed by atoms with van der Waals surface area (Å²) in [6, 6.07) is 20.5. The second-order valence-electron chi connectivity index (χ2n) is 10.7. The molecule has 1 heteroatoms. The molecule has 0 spiro atoms. The molecule has 0 nitrogen and oxygen atoms in total. The van der Waals surface area contributed by atoms with Crippen LogP contribution in [0.25, 0.3) is 17.7 Å². The lowest BCUT2D eigenvalue weighted by atomic mass is 9.93. The minimum Gasteiger partial charge on any atom is -0.207 e. The smallest absolute Gasteiger partial charge is 0.126 e. The van der Waals surface area contributed by atoms with E-state index >= 15 is 0 Å². The van der Waals surface area contributed by atoms with Crippen LogP contribution in [0.1, 0.15) is 66.1 Å². The molecule has 0 unspecified atom stereocenters. The molecule has 3 aromatic rings. The van der Waals surface area contributed by atoms with E-state index < -0.39 is 0 Å². The van der Waals surface area contributed by atoms with E-state index in [4.69, 9.17) is 0 Å². The van der Waals surface area contributed by atoms with Gasteiger partial charge in [0.05, 0.1) is 0 Å². The van der Waals surface area contributed by atoms with Crippen molar-refractivity contribution in [2.24, 2.45) is 0 Å². The Hall–Kier alpha value is -4.49. The Kier molecular flexibility index (Phi) is 14.1. The molecule has 0 saturated heterocycles. The van der Waals surface area contributed by atoms with E-state index in [-0.39, 0.29) is 5.82 Å². The van der Waals surface area contributed by atoms with Gasteiger partial charge in [0.15, 0.2) is 0 Å². The van der Waals surface area contributed by atoms with Gasteiger partial charge >= 0.3 is 0 Å². The van der Waals surface area contributed by atoms with Crippen LogP contribution in [0.4, 0.5) is 4.39 Å². The standard InChI is InChI=1S/C32H34.C10H13F/c1-8-10-19-31(24(3)4)27(7)25(5)15-14-18-29-20-21-32(26(6)22-29)30(9-2)23-28-16-12-11-13-17-28;1-4-9-5-7(2)8(3)10(11)6-9/h8-14,16-23H,2-3,5,7,15H2,1,4,6H3;5-6H,4H2,1-3H3/b10-8-,18-14+,30-23-,31-19+;. The monoisotopic (exact) mass is 570 g/mol. The van der Waals surface area contributed by atoms with Crippen LogP contribution >= 0.6 is 0 Å². The highest BCUT2D eigenvalue weighted by atomic mass is 19.1. The first-order valence-electron chi connectivity index (χ1n) is 14.8. The minimum absolute atomic E-state index is 0.0816. The summed E-state index contributed by atoms with van der Waals surface area (Å²) >= 11 is 0. The van der Waals surface area contributed by atoms with Crippen LogP contribution in [-0.4, -0.2) is 0 Å². The predicted octanol–water partition coefficient (Wildman–Crippen LogP) is 12.3. The SMILES string of the molecule is C=C/C(=C/c1ccccc1)c1ccc(/C=C/CC(=C)C(=C)/C(=C/C=C\C)C(=C)C)cc1C.CCc1cc(C)c(C)c(F)c1. The van der Waals surface area contributed by atoms with Crippen LogP contribution < -0.4 is 0 Å². The van der Waals surface area contributed by atoms with Crippen molar-refractivity contribution in [1.82, 2.24) is 0 Å². The summed E-state index contributed by atoms with van der Waals surface area (Å²) in [5.74, 6) is -0.0816. The lowest BCUT2D eigenvalue weighted by Gasteiger charge is -2.12. The Morgan fingerprint density at radius 1 is 0.884 bits per heavy atom. The third-order valence-electron chi connectivity index (χ3n) is 7.32. The Morgan fingerprint density at radius 3 is 2.14 bits per heavy atom. The van der Waals surface area contributed by atoms with Gasteiger partial charge in [0, 0.05) is 0 Å². The number of rotatable bonds is 11. The van der Waals surface area contributed by atoms with Crippen LogP contribution in [-0.2, 0) is 6.42 Å². The molecule has 0 bridgehead atoms. The number of allylic oxidation sites excluding steroid dienone is 10. The predicted molar refractivity (Wildman–Crippen MR) is 191 cm³/mol. The van der Waals surface area contributed by atoms with Gasteiger partial charge in [-0.05, 0) is 121 Å². The maximum atomic E-state index is 13.0. The van der Waals surface area contributed by atoms with Crippen LogP contribution in [0.3, 0.4) is 0 Å². The van der Waals surface area contributed by atoms with Crippen molar-refractivity contribution >= 4 is 17.7 Å². The number of halogens is 1. The van der Waals surface area contributed by atoms with E-state index in [1.165, 1.54) is 16.7 Å². The molecule has 0 aliphatic heterocycles. The molecule has 0 saturated carbocycles. The fraction of sp³-hybridized carbons (Fsp3) is 0.190. The summed E-state index contributed by atoms with van der Waals surface area (Å²) in [7, 11) is 0. The third kappa shape index (κ3) is 10.7. The van der Waals surface area contributed by atoms with Crippen molar-refractivity contribution in [3.63, 3.8) is 0 Å². The normalized spacial score (nSPS) is 11.8. The van der Waals surface area contributed by atoms with Gasteiger partial charge in [0.1, 0.15) is 5.82 Å². The molecule has 3 aromatic carbocycles. The minimum atomic E-state index is -0.0816. The summed E-state index contributed by atoms with van der Waals surface area (Å²) in [4.78, 5) is 0. The van der Waals surface area contributed by atoms with Crippen molar-refractivity contribution in [2.45, 2.75) is 54.4 Å². The fourth-order valence-corrected chi connectivity index (χ4v) is 4.53. The summed E-state index contributed by atoms with van der Waals surface area (Å²) < 4.78 is 13.0. The Balaban J connectivity index is 0.000000490. The van der Waals surface area contributed by atoms with E-state index in [2.05, 4.69) is 81.8 Å². The molecule has 0 amide bonds. The molecule has 0 heterocycles. The molecule has 0 N–H and O–H groups in total. The molecule has 0 atom stereocenters. The van der Waals surface area contributed by atoms with Crippen LogP contribution in [0.15, 0.2) is 140 Å². The van der Waals surface area contributed by atoms with E-state index in [9.17, 15) is 4.39 Å². The van der Waals surface area contributed by atoms with E-state index in [0.717, 1.165) is 63.0 Å². The average Bonchev–Trinajstić information content (AvgIpc) is 2.99. The number of hydrogen-bond acceptors (Lipinski definition) is 0. The van der Waals surface area contributed by atoms with Gasteiger partial charge < -0.3 is 0 Å². The first-order chi connectivity index (χ1) is 20.5. The average molecular weight is 571 g/mol.